The summed E-state index contributed by atoms with van der Waals surface area (Å²) in [7, 11) is 0. The molecule has 0 unspecified atom stereocenters. The highest BCUT2D eigenvalue weighted by Crippen LogP contribution is 2.30. The molecule has 0 aliphatic carbocycles. The summed E-state index contributed by atoms with van der Waals surface area (Å²) in [5.41, 5.74) is 6.40. The van der Waals surface area contributed by atoms with Crippen molar-refractivity contribution in [3.8, 4) is 22.5 Å². The molecule has 2 aromatic carbocycles. The van der Waals surface area contributed by atoms with Gasteiger partial charge >= 0.3 is 6.03 Å². The number of urea groups is 1. The number of nitrogens with zero attached hydrogens (tertiary/aromatic N) is 3. The van der Waals surface area contributed by atoms with Crippen LogP contribution in [0.5, 0.6) is 0 Å². The molecule has 2 amide bonds. The Hall–Kier alpha value is -4.00. The summed E-state index contributed by atoms with van der Waals surface area (Å²) in [5.74, 6) is 0.724. The van der Waals surface area contributed by atoms with E-state index in [1.54, 1.807) is 12.4 Å². The van der Waals surface area contributed by atoms with E-state index in [2.05, 4.69) is 44.9 Å². The Balaban J connectivity index is 1.50. The topological polar surface area (TPSA) is 92.9 Å². The standard InChI is InChI=1S/C22H19N5O2/c1-14-3-4-17(21-12-23-13-29-21)9-19(14)16-5-7-18(8-6-16)26-22(28)27-20-11-25-24-10-15(20)2/h3-13H,1-2H3,(H2,24,26,27,28). The summed E-state index contributed by atoms with van der Waals surface area (Å²) in [5, 5.41) is 13.1. The lowest BCUT2D eigenvalue weighted by molar-refractivity contribution is 0.262. The van der Waals surface area contributed by atoms with Crippen LogP contribution in [-0.4, -0.2) is 21.2 Å². The van der Waals surface area contributed by atoms with Gasteiger partial charge in [-0.05, 0) is 54.3 Å². The third-order valence-electron chi connectivity index (χ3n) is 4.59. The maximum absolute atomic E-state index is 12.2. The largest absolute Gasteiger partial charge is 0.444 e. The van der Waals surface area contributed by atoms with Crippen LogP contribution in [0.25, 0.3) is 22.5 Å². The average molecular weight is 385 g/mol. The normalized spacial score (nSPS) is 10.6. The maximum Gasteiger partial charge on any atom is 0.323 e. The number of benzene rings is 2. The van der Waals surface area contributed by atoms with Crippen molar-refractivity contribution in [2.45, 2.75) is 13.8 Å². The highest BCUT2D eigenvalue weighted by molar-refractivity contribution is 6.00. The van der Waals surface area contributed by atoms with Crippen molar-refractivity contribution in [3.05, 3.63) is 78.6 Å². The molecule has 0 saturated carbocycles. The SMILES string of the molecule is Cc1cnncc1NC(=O)Nc1ccc(-c2cc(-c3cnco3)ccc2C)cc1. The average Bonchev–Trinajstić information content (AvgIpc) is 3.26. The first-order valence-corrected chi connectivity index (χ1v) is 9.05. The number of hydrogen-bond acceptors (Lipinski definition) is 5. The van der Waals surface area contributed by atoms with Crippen molar-refractivity contribution in [3.63, 3.8) is 0 Å². The van der Waals surface area contributed by atoms with E-state index in [0.29, 0.717) is 11.4 Å². The fourth-order valence-corrected chi connectivity index (χ4v) is 2.98. The number of rotatable bonds is 4. The number of carbonyl (C=O) groups is 1. The molecule has 2 heterocycles. The predicted octanol–water partition coefficient (Wildman–Crippen LogP) is 5.06. The molecule has 7 heteroatoms. The summed E-state index contributed by atoms with van der Waals surface area (Å²) >= 11 is 0. The molecule has 7 nitrogen and oxygen atoms in total. The molecular weight excluding hydrogens is 366 g/mol. The molecule has 0 bridgehead atoms. The molecule has 2 N–H and O–H groups in total. The van der Waals surface area contributed by atoms with Crippen molar-refractivity contribution >= 4 is 17.4 Å². The maximum atomic E-state index is 12.2. The Morgan fingerprint density at radius 1 is 0.862 bits per heavy atom. The van der Waals surface area contributed by atoms with Gasteiger partial charge in [0.2, 0.25) is 0 Å². The van der Waals surface area contributed by atoms with Crippen molar-refractivity contribution in [1.29, 1.82) is 0 Å². The van der Waals surface area contributed by atoms with Crippen molar-refractivity contribution in [2.75, 3.05) is 10.6 Å². The van der Waals surface area contributed by atoms with Gasteiger partial charge in [0.25, 0.3) is 0 Å². The van der Waals surface area contributed by atoms with Crippen LogP contribution in [0.15, 0.2) is 71.9 Å². The van der Waals surface area contributed by atoms with Crippen molar-refractivity contribution < 1.29 is 9.21 Å². The molecule has 2 aromatic heterocycles. The van der Waals surface area contributed by atoms with Crippen LogP contribution in [0.3, 0.4) is 0 Å². The fourth-order valence-electron chi connectivity index (χ4n) is 2.98. The van der Waals surface area contributed by atoms with Crippen LogP contribution in [0.4, 0.5) is 16.2 Å². The number of aryl methyl sites for hydroxylation is 2. The van der Waals surface area contributed by atoms with Crippen molar-refractivity contribution in [2.24, 2.45) is 0 Å². The molecule has 0 aliphatic rings. The predicted molar refractivity (Wildman–Crippen MR) is 112 cm³/mol. The van der Waals surface area contributed by atoms with Gasteiger partial charge < -0.3 is 15.1 Å². The van der Waals surface area contributed by atoms with Gasteiger partial charge in [-0.2, -0.15) is 10.2 Å². The molecule has 0 atom stereocenters. The summed E-state index contributed by atoms with van der Waals surface area (Å²) in [6.07, 6.45) is 6.23. The van der Waals surface area contributed by atoms with Gasteiger partial charge in [-0.3, -0.25) is 0 Å². The number of hydrogen-bond donors (Lipinski definition) is 2. The Bertz CT molecular complexity index is 1140. The second-order valence-electron chi connectivity index (χ2n) is 6.64. The molecule has 144 valence electrons. The molecular formula is C22H19N5O2. The van der Waals surface area contributed by atoms with E-state index >= 15 is 0 Å². The molecule has 4 rings (SSSR count). The van der Waals surface area contributed by atoms with E-state index in [9.17, 15) is 4.79 Å². The van der Waals surface area contributed by atoms with Crippen LogP contribution < -0.4 is 10.6 Å². The quantitative estimate of drug-likeness (QED) is 0.512. The molecule has 0 radical (unpaired) electrons. The summed E-state index contributed by atoms with van der Waals surface area (Å²) in [4.78, 5) is 16.2. The third-order valence-corrected chi connectivity index (χ3v) is 4.59. The van der Waals surface area contributed by atoms with E-state index in [1.165, 1.54) is 12.6 Å². The molecule has 0 fully saturated rings. The number of anilines is 2. The number of carbonyl (C=O) groups excluding carboxylic acids is 1. The fraction of sp³-hybridized carbons (Fsp3) is 0.0909. The number of aromatic nitrogens is 3. The second-order valence-corrected chi connectivity index (χ2v) is 6.64. The van der Waals surface area contributed by atoms with Crippen LogP contribution in [0, 0.1) is 13.8 Å². The summed E-state index contributed by atoms with van der Waals surface area (Å²) in [6, 6.07) is 13.5. The number of amides is 2. The smallest absolute Gasteiger partial charge is 0.323 e. The van der Waals surface area contributed by atoms with Gasteiger partial charge in [-0.1, -0.05) is 24.3 Å². The first kappa shape index (κ1) is 18.4. The van der Waals surface area contributed by atoms with Gasteiger partial charge in [-0.15, -0.1) is 0 Å². The van der Waals surface area contributed by atoms with Gasteiger partial charge in [0.15, 0.2) is 12.2 Å². The lowest BCUT2D eigenvalue weighted by Crippen LogP contribution is -2.20. The van der Waals surface area contributed by atoms with Crippen molar-refractivity contribution in [1.82, 2.24) is 15.2 Å². The van der Waals surface area contributed by atoms with Crippen LogP contribution in [-0.2, 0) is 0 Å². The van der Waals surface area contributed by atoms with Gasteiger partial charge in [0.05, 0.1) is 24.3 Å². The van der Waals surface area contributed by atoms with Crippen LogP contribution in [0.2, 0.25) is 0 Å². The zero-order valence-electron chi connectivity index (χ0n) is 16.0. The minimum absolute atomic E-state index is 0.336. The van der Waals surface area contributed by atoms with Crippen LogP contribution in [0.1, 0.15) is 11.1 Å². The van der Waals surface area contributed by atoms with E-state index in [-0.39, 0.29) is 6.03 Å². The van der Waals surface area contributed by atoms with Gasteiger partial charge in [0.1, 0.15) is 0 Å². The monoisotopic (exact) mass is 385 g/mol. The zero-order valence-corrected chi connectivity index (χ0v) is 16.0. The van der Waals surface area contributed by atoms with Gasteiger partial charge in [-0.25, -0.2) is 9.78 Å². The Morgan fingerprint density at radius 2 is 1.62 bits per heavy atom. The zero-order chi connectivity index (χ0) is 20.2. The van der Waals surface area contributed by atoms with Crippen LogP contribution >= 0.6 is 0 Å². The Morgan fingerprint density at radius 3 is 2.34 bits per heavy atom. The molecule has 29 heavy (non-hydrogen) atoms. The van der Waals surface area contributed by atoms with E-state index in [1.807, 2.05) is 37.3 Å². The summed E-state index contributed by atoms with van der Waals surface area (Å²) in [6.45, 7) is 3.92. The van der Waals surface area contributed by atoms with E-state index in [4.69, 9.17) is 4.42 Å². The molecule has 4 aromatic rings. The molecule has 0 aliphatic heterocycles. The number of oxazole rings is 1. The minimum atomic E-state index is -0.336. The first-order valence-electron chi connectivity index (χ1n) is 9.05. The molecule has 0 saturated heterocycles. The Kier molecular flexibility index (Phi) is 5.03. The summed E-state index contributed by atoms with van der Waals surface area (Å²) < 4.78 is 5.40. The molecule has 0 spiro atoms. The second kappa shape index (κ2) is 7.93. The number of nitrogens with one attached hydrogen (secondary N) is 2. The highest BCUT2D eigenvalue weighted by atomic mass is 16.3. The first-order chi connectivity index (χ1) is 14.1. The van der Waals surface area contributed by atoms with Gasteiger partial charge in [0, 0.05) is 11.3 Å². The lowest BCUT2D eigenvalue weighted by atomic mass is 9.97. The van der Waals surface area contributed by atoms with E-state index in [0.717, 1.165) is 33.6 Å². The third kappa shape index (κ3) is 4.14. The minimum Gasteiger partial charge on any atom is -0.444 e. The highest BCUT2D eigenvalue weighted by Gasteiger charge is 2.09. The Labute approximate surface area is 167 Å². The lowest BCUT2D eigenvalue weighted by Gasteiger charge is -2.11. The van der Waals surface area contributed by atoms with E-state index < -0.39 is 0 Å².